The summed E-state index contributed by atoms with van der Waals surface area (Å²) in [6.45, 7) is 5.93. The minimum atomic E-state index is -3.45. The molecule has 0 N–H and O–H groups in total. The predicted octanol–water partition coefficient (Wildman–Crippen LogP) is 3.39. The average Bonchev–Trinajstić information content (AvgIpc) is 3.43. The van der Waals surface area contributed by atoms with Crippen LogP contribution in [0.25, 0.3) is 11.4 Å². The summed E-state index contributed by atoms with van der Waals surface area (Å²) in [6.07, 6.45) is 0.794. The largest absolute Gasteiger partial charge is 0.362 e. The molecule has 0 saturated heterocycles. The molecule has 0 radical (unpaired) electrons. The van der Waals surface area contributed by atoms with Gasteiger partial charge < -0.3 is 9.42 Å². The molecule has 7 nitrogen and oxygen atoms in total. The number of rotatable bonds is 7. The van der Waals surface area contributed by atoms with E-state index in [0.717, 1.165) is 29.8 Å². The van der Waals surface area contributed by atoms with Gasteiger partial charge in [0.2, 0.25) is 21.7 Å². The topological polar surface area (TPSA) is 79.5 Å². The zero-order chi connectivity index (χ0) is 19.7. The molecule has 3 heterocycles. The molecule has 0 saturated carbocycles. The van der Waals surface area contributed by atoms with Crippen LogP contribution in [0.4, 0.5) is 5.69 Å². The summed E-state index contributed by atoms with van der Waals surface area (Å²) in [5.41, 5.74) is 3.01. The molecule has 9 heteroatoms. The number of sulfonamides is 1. The second-order valence-electron chi connectivity index (χ2n) is 6.58. The molecule has 1 aliphatic rings. The predicted molar refractivity (Wildman–Crippen MR) is 109 cm³/mol. The molecule has 0 amide bonds. The molecule has 1 aromatic carbocycles. The zero-order valence-electron chi connectivity index (χ0n) is 15.8. The van der Waals surface area contributed by atoms with Gasteiger partial charge in [0.15, 0.2) is 0 Å². The second kappa shape index (κ2) is 7.65. The van der Waals surface area contributed by atoms with Crippen LogP contribution in [0.3, 0.4) is 0 Å². The van der Waals surface area contributed by atoms with E-state index in [1.807, 2.05) is 36.7 Å². The van der Waals surface area contributed by atoms with E-state index in [1.54, 1.807) is 23.5 Å². The van der Waals surface area contributed by atoms with Crippen LogP contribution >= 0.6 is 11.3 Å². The molecule has 0 spiro atoms. The van der Waals surface area contributed by atoms with Gasteiger partial charge >= 0.3 is 0 Å². The minimum absolute atomic E-state index is 0.356. The van der Waals surface area contributed by atoms with Crippen molar-refractivity contribution in [3.05, 3.63) is 46.5 Å². The first-order valence-electron chi connectivity index (χ1n) is 9.26. The first-order chi connectivity index (χ1) is 13.5. The Labute approximate surface area is 168 Å². The van der Waals surface area contributed by atoms with Crippen molar-refractivity contribution >= 4 is 27.0 Å². The van der Waals surface area contributed by atoms with Crippen molar-refractivity contribution in [1.82, 2.24) is 14.4 Å². The van der Waals surface area contributed by atoms with Gasteiger partial charge in [-0.05, 0) is 41.6 Å². The lowest BCUT2D eigenvalue weighted by atomic mass is 10.2. The molecule has 1 aliphatic heterocycles. The lowest BCUT2D eigenvalue weighted by molar-refractivity contribution is 0.377. The Morgan fingerprint density at radius 3 is 2.79 bits per heavy atom. The van der Waals surface area contributed by atoms with E-state index in [-0.39, 0.29) is 0 Å². The van der Waals surface area contributed by atoms with Crippen molar-refractivity contribution in [1.29, 1.82) is 0 Å². The minimum Gasteiger partial charge on any atom is -0.362 e. The highest BCUT2D eigenvalue weighted by Gasteiger charge is 2.26. The van der Waals surface area contributed by atoms with E-state index in [1.165, 1.54) is 4.31 Å². The molecule has 0 aliphatic carbocycles. The van der Waals surface area contributed by atoms with Crippen LogP contribution in [-0.4, -0.2) is 42.5 Å². The van der Waals surface area contributed by atoms with Crippen molar-refractivity contribution in [2.24, 2.45) is 0 Å². The van der Waals surface area contributed by atoms with Crippen LogP contribution < -0.4 is 4.90 Å². The summed E-state index contributed by atoms with van der Waals surface area (Å²) >= 11 is 1.59. The molecule has 2 aromatic heterocycles. The smallest absolute Gasteiger partial charge is 0.246 e. The third-order valence-electron chi connectivity index (χ3n) is 4.96. The van der Waals surface area contributed by atoms with Gasteiger partial charge in [0.05, 0.1) is 11.4 Å². The second-order valence-corrected chi connectivity index (χ2v) is 9.29. The third-order valence-corrected chi connectivity index (χ3v) is 7.69. The fourth-order valence-electron chi connectivity index (χ4n) is 3.48. The number of hydrogen-bond donors (Lipinski definition) is 0. The van der Waals surface area contributed by atoms with Gasteiger partial charge in [0, 0.05) is 36.3 Å². The van der Waals surface area contributed by atoms with E-state index >= 15 is 0 Å². The van der Waals surface area contributed by atoms with Crippen LogP contribution in [-0.2, 0) is 23.0 Å². The highest BCUT2D eigenvalue weighted by atomic mass is 32.2. The summed E-state index contributed by atoms with van der Waals surface area (Å²) in [6, 6.07) is 7.33. The molecule has 148 valence electrons. The number of aromatic nitrogens is 2. The molecule has 3 aromatic rings. The summed E-state index contributed by atoms with van der Waals surface area (Å²) in [5.74, 6) is 1.14. The number of thiophene rings is 1. The summed E-state index contributed by atoms with van der Waals surface area (Å²) in [5, 5.41) is 8.01. The highest BCUT2D eigenvalue weighted by Crippen LogP contribution is 2.32. The fourth-order valence-corrected chi connectivity index (χ4v) is 5.62. The number of hydrogen-bond acceptors (Lipinski definition) is 7. The Morgan fingerprint density at radius 2 is 2.07 bits per heavy atom. The van der Waals surface area contributed by atoms with Gasteiger partial charge in [-0.15, -0.1) is 0 Å². The Morgan fingerprint density at radius 1 is 1.25 bits per heavy atom. The Balaban J connectivity index is 1.54. The molecule has 0 fully saturated rings. The van der Waals surface area contributed by atoms with E-state index in [2.05, 4.69) is 15.0 Å². The Bertz CT molecular complexity index is 1060. The van der Waals surface area contributed by atoms with Crippen molar-refractivity contribution in [2.75, 3.05) is 24.5 Å². The van der Waals surface area contributed by atoms with Crippen LogP contribution in [0.2, 0.25) is 0 Å². The lowest BCUT2D eigenvalue weighted by Crippen LogP contribution is -2.30. The molecule has 0 atom stereocenters. The Kier molecular flexibility index (Phi) is 5.22. The number of fused-ring (bicyclic) bond motifs is 1. The van der Waals surface area contributed by atoms with E-state index in [0.29, 0.717) is 36.2 Å². The summed E-state index contributed by atoms with van der Waals surface area (Å²) < 4.78 is 32.4. The van der Waals surface area contributed by atoms with Gasteiger partial charge in [0.25, 0.3) is 0 Å². The average molecular weight is 419 g/mol. The van der Waals surface area contributed by atoms with E-state index in [4.69, 9.17) is 4.52 Å². The first-order valence-corrected chi connectivity index (χ1v) is 11.6. The molecular formula is C19H22N4O3S2. The van der Waals surface area contributed by atoms with Crippen molar-refractivity contribution in [3.63, 3.8) is 0 Å². The van der Waals surface area contributed by atoms with E-state index in [9.17, 15) is 8.42 Å². The fraction of sp³-hybridized carbons (Fsp3) is 0.368. The van der Waals surface area contributed by atoms with Gasteiger partial charge in [-0.1, -0.05) is 19.0 Å². The van der Waals surface area contributed by atoms with Crippen LogP contribution in [0.15, 0.2) is 44.4 Å². The molecule has 0 bridgehead atoms. The molecule has 28 heavy (non-hydrogen) atoms. The van der Waals surface area contributed by atoms with E-state index < -0.39 is 10.0 Å². The normalized spacial score (nSPS) is 14.0. The van der Waals surface area contributed by atoms with Gasteiger partial charge in [-0.3, -0.25) is 0 Å². The monoisotopic (exact) mass is 418 g/mol. The first kappa shape index (κ1) is 19.1. The zero-order valence-corrected chi connectivity index (χ0v) is 17.5. The standard InChI is InChI=1S/C19H22N4O3S2/c1-3-23(4-2)28(24,25)16-5-6-17-14(11-16)7-9-22(17)12-18-20-19(21-26-18)15-8-10-27-13-15/h5-6,8,10-11,13H,3-4,7,9,12H2,1-2H3. The van der Waals surface area contributed by atoms with Crippen molar-refractivity contribution < 1.29 is 12.9 Å². The molecular weight excluding hydrogens is 396 g/mol. The van der Waals surface area contributed by atoms with Crippen molar-refractivity contribution in [2.45, 2.75) is 31.7 Å². The quantitative estimate of drug-likeness (QED) is 0.585. The third kappa shape index (κ3) is 3.45. The van der Waals surface area contributed by atoms with Gasteiger partial charge in [-0.25, -0.2) is 8.42 Å². The number of anilines is 1. The maximum absolute atomic E-state index is 12.8. The molecule has 4 rings (SSSR count). The maximum atomic E-state index is 12.8. The number of nitrogens with zero attached hydrogens (tertiary/aromatic N) is 4. The highest BCUT2D eigenvalue weighted by molar-refractivity contribution is 7.89. The SMILES string of the molecule is CCN(CC)S(=O)(=O)c1ccc2c(c1)CCN2Cc1nc(-c2ccsc2)no1. The van der Waals surface area contributed by atoms with Crippen LogP contribution in [0, 0.1) is 0 Å². The lowest BCUT2D eigenvalue weighted by Gasteiger charge is -2.20. The molecule has 0 unspecified atom stereocenters. The van der Waals surface area contributed by atoms with Gasteiger partial charge in [-0.2, -0.15) is 20.6 Å². The van der Waals surface area contributed by atoms with Gasteiger partial charge in [0.1, 0.15) is 0 Å². The van der Waals surface area contributed by atoms with Crippen molar-refractivity contribution in [3.8, 4) is 11.4 Å². The summed E-state index contributed by atoms with van der Waals surface area (Å²) in [7, 11) is -3.45. The Hall–Kier alpha value is -2.23. The van der Waals surface area contributed by atoms with Crippen LogP contribution in [0.5, 0.6) is 0 Å². The number of benzene rings is 1. The maximum Gasteiger partial charge on any atom is 0.246 e. The van der Waals surface area contributed by atoms with Crippen LogP contribution in [0.1, 0.15) is 25.3 Å². The summed E-state index contributed by atoms with van der Waals surface area (Å²) in [4.78, 5) is 6.98.